The van der Waals surface area contributed by atoms with E-state index in [4.69, 9.17) is 10.00 Å². The van der Waals surface area contributed by atoms with E-state index < -0.39 is 0 Å². The van der Waals surface area contributed by atoms with E-state index in [1.807, 2.05) is 6.07 Å². The summed E-state index contributed by atoms with van der Waals surface area (Å²) in [7, 11) is 4.29. The molecule has 0 spiro atoms. The zero-order chi connectivity index (χ0) is 17.4. The van der Waals surface area contributed by atoms with Crippen LogP contribution < -0.4 is 4.74 Å². The lowest BCUT2D eigenvalue weighted by Crippen LogP contribution is -2.35. The SMILES string of the molecule is CN(C)[C@H]1CC[C@H](Oc2ccnc3[nH]c4cnc(C#N)cc4c23)CC1. The third kappa shape index (κ3) is 2.92. The Kier molecular flexibility index (Phi) is 4.02. The molecule has 3 heterocycles. The Balaban J connectivity index is 1.67. The lowest BCUT2D eigenvalue weighted by molar-refractivity contribution is 0.112. The summed E-state index contributed by atoms with van der Waals surface area (Å²) in [5.74, 6) is 0.833. The lowest BCUT2D eigenvalue weighted by Gasteiger charge is -2.32. The molecule has 0 unspecified atom stereocenters. The van der Waals surface area contributed by atoms with Gasteiger partial charge in [-0.1, -0.05) is 0 Å². The Hall–Kier alpha value is -2.65. The first kappa shape index (κ1) is 15.9. The van der Waals surface area contributed by atoms with Crippen molar-refractivity contribution in [3.8, 4) is 11.8 Å². The van der Waals surface area contributed by atoms with E-state index in [1.54, 1.807) is 18.5 Å². The number of hydrogen-bond acceptors (Lipinski definition) is 5. The number of aromatic amines is 1. The number of H-pyrrole nitrogens is 1. The molecule has 6 heteroatoms. The summed E-state index contributed by atoms with van der Waals surface area (Å²) in [4.78, 5) is 14.1. The van der Waals surface area contributed by atoms with Gasteiger partial charge in [0, 0.05) is 17.6 Å². The normalized spacial score (nSPS) is 20.9. The number of nitrogens with one attached hydrogen (secondary N) is 1. The zero-order valence-corrected chi connectivity index (χ0v) is 14.5. The molecule has 1 saturated carbocycles. The van der Waals surface area contributed by atoms with Gasteiger partial charge in [0.1, 0.15) is 23.2 Å². The van der Waals surface area contributed by atoms with Gasteiger partial charge in [0.25, 0.3) is 0 Å². The van der Waals surface area contributed by atoms with Gasteiger partial charge in [0.05, 0.1) is 23.2 Å². The number of rotatable bonds is 3. The minimum atomic E-state index is 0.226. The quantitative estimate of drug-likeness (QED) is 0.795. The van der Waals surface area contributed by atoms with Crippen molar-refractivity contribution in [2.45, 2.75) is 37.8 Å². The van der Waals surface area contributed by atoms with Gasteiger partial charge in [-0.25, -0.2) is 9.97 Å². The smallest absolute Gasteiger partial charge is 0.142 e. The molecule has 0 aliphatic heterocycles. The van der Waals surface area contributed by atoms with Crippen molar-refractivity contribution in [3.63, 3.8) is 0 Å². The van der Waals surface area contributed by atoms with Crippen LogP contribution in [0.25, 0.3) is 21.9 Å². The number of nitriles is 1. The third-order valence-electron chi connectivity index (χ3n) is 5.12. The highest BCUT2D eigenvalue weighted by Gasteiger charge is 2.24. The standard InChI is InChI=1S/C19H21N5O/c1-24(2)13-3-5-14(6-4-13)25-17-7-8-21-19-18(17)15-9-12(10-20)22-11-16(15)23-19/h7-9,11,13-14H,3-6H2,1-2H3,(H,21,23)/t13-,14-. The van der Waals surface area contributed by atoms with Gasteiger partial charge < -0.3 is 14.6 Å². The Bertz CT molecular complexity index is 947. The predicted octanol–water partition coefficient (Wildman–Crippen LogP) is 3.23. The fourth-order valence-electron chi connectivity index (χ4n) is 3.71. The van der Waals surface area contributed by atoms with Gasteiger partial charge in [-0.05, 0) is 51.9 Å². The van der Waals surface area contributed by atoms with Gasteiger partial charge in [0.2, 0.25) is 0 Å². The molecule has 1 aliphatic rings. The van der Waals surface area contributed by atoms with Crippen LogP contribution in [0.1, 0.15) is 31.4 Å². The Morgan fingerprint density at radius 3 is 2.76 bits per heavy atom. The lowest BCUT2D eigenvalue weighted by atomic mass is 9.92. The Morgan fingerprint density at radius 1 is 1.24 bits per heavy atom. The second kappa shape index (κ2) is 6.34. The highest BCUT2D eigenvalue weighted by atomic mass is 16.5. The van der Waals surface area contributed by atoms with Gasteiger partial charge >= 0.3 is 0 Å². The van der Waals surface area contributed by atoms with E-state index in [9.17, 15) is 0 Å². The summed E-state index contributed by atoms with van der Waals surface area (Å²) in [5.41, 5.74) is 2.04. The van der Waals surface area contributed by atoms with Crippen LogP contribution in [0.2, 0.25) is 0 Å². The maximum absolute atomic E-state index is 9.13. The van der Waals surface area contributed by atoms with Crippen LogP contribution >= 0.6 is 0 Å². The van der Waals surface area contributed by atoms with E-state index in [-0.39, 0.29) is 6.10 Å². The number of aromatic nitrogens is 3. The van der Waals surface area contributed by atoms with Crippen LogP contribution in [0, 0.1) is 11.3 Å². The van der Waals surface area contributed by atoms with Crippen molar-refractivity contribution in [1.82, 2.24) is 19.9 Å². The Labute approximate surface area is 146 Å². The van der Waals surface area contributed by atoms with Crippen LogP contribution in [0.4, 0.5) is 0 Å². The maximum atomic E-state index is 9.13. The zero-order valence-electron chi connectivity index (χ0n) is 14.5. The van der Waals surface area contributed by atoms with Crippen LogP contribution in [-0.4, -0.2) is 46.1 Å². The molecule has 0 saturated heterocycles. The topological polar surface area (TPSA) is 77.8 Å². The van der Waals surface area contributed by atoms with Crippen LogP contribution in [-0.2, 0) is 0 Å². The first-order valence-corrected chi connectivity index (χ1v) is 8.65. The summed E-state index contributed by atoms with van der Waals surface area (Å²) < 4.78 is 6.35. The van der Waals surface area contributed by atoms with E-state index in [0.29, 0.717) is 11.7 Å². The van der Waals surface area contributed by atoms with E-state index >= 15 is 0 Å². The van der Waals surface area contributed by atoms with Gasteiger partial charge in [0.15, 0.2) is 0 Å². The fourth-order valence-corrected chi connectivity index (χ4v) is 3.71. The average Bonchev–Trinajstić information content (AvgIpc) is 3.00. The van der Waals surface area contributed by atoms with Gasteiger partial charge in [-0.15, -0.1) is 0 Å². The number of fused-ring (bicyclic) bond motifs is 3. The van der Waals surface area contributed by atoms with Crippen molar-refractivity contribution in [2.24, 2.45) is 0 Å². The predicted molar refractivity (Wildman–Crippen MR) is 96.5 cm³/mol. The minimum Gasteiger partial charge on any atom is -0.490 e. The summed E-state index contributed by atoms with van der Waals surface area (Å²) in [5, 5.41) is 11.0. The highest BCUT2D eigenvalue weighted by molar-refractivity contribution is 6.09. The molecule has 0 amide bonds. The van der Waals surface area contributed by atoms with Crippen molar-refractivity contribution in [2.75, 3.05) is 14.1 Å². The van der Waals surface area contributed by atoms with Crippen molar-refractivity contribution < 1.29 is 4.74 Å². The van der Waals surface area contributed by atoms with Crippen molar-refractivity contribution >= 4 is 21.9 Å². The highest BCUT2D eigenvalue weighted by Crippen LogP contribution is 2.34. The average molecular weight is 335 g/mol. The first-order chi connectivity index (χ1) is 12.2. The van der Waals surface area contributed by atoms with Crippen LogP contribution in [0.5, 0.6) is 5.75 Å². The molecular formula is C19H21N5O. The second-order valence-electron chi connectivity index (χ2n) is 6.90. The molecule has 3 aromatic heterocycles. The van der Waals surface area contributed by atoms with Crippen molar-refractivity contribution in [3.05, 3.63) is 30.2 Å². The molecule has 128 valence electrons. The molecule has 1 aliphatic carbocycles. The van der Waals surface area contributed by atoms with E-state index in [0.717, 1.165) is 53.4 Å². The third-order valence-corrected chi connectivity index (χ3v) is 5.12. The number of pyridine rings is 2. The molecule has 6 nitrogen and oxygen atoms in total. The number of ether oxygens (including phenoxy) is 1. The molecule has 1 N–H and O–H groups in total. The molecule has 0 aromatic carbocycles. The van der Waals surface area contributed by atoms with Crippen LogP contribution in [0.3, 0.4) is 0 Å². The monoisotopic (exact) mass is 335 g/mol. The summed E-state index contributed by atoms with van der Waals surface area (Å²) in [6, 6.07) is 6.46. The molecule has 0 atom stereocenters. The summed E-state index contributed by atoms with van der Waals surface area (Å²) in [6.07, 6.45) is 8.09. The maximum Gasteiger partial charge on any atom is 0.142 e. The second-order valence-corrected chi connectivity index (χ2v) is 6.90. The summed E-state index contributed by atoms with van der Waals surface area (Å²) in [6.45, 7) is 0. The van der Waals surface area contributed by atoms with E-state index in [2.05, 4.69) is 40.0 Å². The molecule has 25 heavy (non-hydrogen) atoms. The molecule has 0 radical (unpaired) electrons. The van der Waals surface area contributed by atoms with Gasteiger partial charge in [-0.3, -0.25) is 0 Å². The Morgan fingerprint density at radius 2 is 2.04 bits per heavy atom. The number of hydrogen-bond donors (Lipinski definition) is 1. The molecule has 0 bridgehead atoms. The molecule has 4 rings (SSSR count). The fraction of sp³-hybridized carbons (Fsp3) is 0.421. The largest absolute Gasteiger partial charge is 0.490 e. The molecule has 1 fully saturated rings. The van der Waals surface area contributed by atoms with Gasteiger partial charge in [-0.2, -0.15) is 5.26 Å². The number of nitrogens with zero attached hydrogens (tertiary/aromatic N) is 4. The molecule has 3 aromatic rings. The first-order valence-electron chi connectivity index (χ1n) is 8.65. The minimum absolute atomic E-state index is 0.226. The summed E-state index contributed by atoms with van der Waals surface area (Å²) >= 11 is 0. The van der Waals surface area contributed by atoms with Crippen LogP contribution in [0.15, 0.2) is 24.5 Å². The van der Waals surface area contributed by atoms with E-state index in [1.165, 1.54) is 0 Å². The van der Waals surface area contributed by atoms with Crippen molar-refractivity contribution in [1.29, 1.82) is 5.26 Å². The molecular weight excluding hydrogens is 314 g/mol.